The monoisotopic (exact) mass is 430 g/mol. The minimum Gasteiger partial charge on any atom is -0.546 e. The molecule has 168 valence electrons. The number of rotatable bonds is 15. The van der Waals surface area contributed by atoms with E-state index in [4.69, 9.17) is 10.2 Å². The molecule has 0 aromatic carbocycles. The maximum atomic E-state index is 11.9. The smallest absolute Gasteiger partial charge is 0.546 e. The van der Waals surface area contributed by atoms with Gasteiger partial charge in [-0.15, -0.1) is 0 Å². The van der Waals surface area contributed by atoms with Gasteiger partial charge in [0.2, 0.25) is 5.91 Å². The number of hydrogen-bond donors (Lipinski definition) is 5. The van der Waals surface area contributed by atoms with Gasteiger partial charge in [-0.1, -0.05) is 58.3 Å². The van der Waals surface area contributed by atoms with Gasteiger partial charge in [0.1, 0.15) is 12.3 Å². The van der Waals surface area contributed by atoms with Crippen LogP contribution in [0.15, 0.2) is 0 Å². The van der Waals surface area contributed by atoms with Crippen LogP contribution in [0.3, 0.4) is 0 Å². The van der Waals surface area contributed by atoms with E-state index in [1.807, 2.05) is 0 Å². The SMILES string of the molecule is CCCCCCCCCCCC(=O)N(C)CC(O)[C@H](O)CO.NC(O)C(=O)[O-].[Na+]. The van der Waals surface area contributed by atoms with E-state index in [-0.39, 0.29) is 42.0 Å². The zero-order valence-electron chi connectivity index (χ0n) is 18.3. The summed E-state index contributed by atoms with van der Waals surface area (Å²) in [5.41, 5.74) is 4.33. The van der Waals surface area contributed by atoms with Crippen molar-refractivity contribution < 1.29 is 64.7 Å². The molecule has 0 bridgehead atoms. The fourth-order valence-electron chi connectivity index (χ4n) is 2.40. The number of nitrogens with zero attached hydrogens (tertiary/aromatic N) is 1. The predicted molar refractivity (Wildman–Crippen MR) is 104 cm³/mol. The Morgan fingerprint density at radius 1 is 0.931 bits per heavy atom. The van der Waals surface area contributed by atoms with Gasteiger partial charge < -0.3 is 41.0 Å². The van der Waals surface area contributed by atoms with Crippen LogP contribution in [-0.4, -0.2) is 75.8 Å². The molecule has 0 saturated carbocycles. The number of likely N-dealkylation sites (N-methyl/N-ethyl adjacent to an activating group) is 1. The summed E-state index contributed by atoms with van der Waals surface area (Å²) in [7, 11) is 1.61. The van der Waals surface area contributed by atoms with E-state index in [0.717, 1.165) is 12.8 Å². The second-order valence-electron chi connectivity index (χ2n) is 6.93. The van der Waals surface area contributed by atoms with Crippen LogP contribution in [0.5, 0.6) is 0 Å². The van der Waals surface area contributed by atoms with Crippen LogP contribution in [0.4, 0.5) is 0 Å². The molecule has 3 atom stereocenters. The summed E-state index contributed by atoms with van der Waals surface area (Å²) in [6, 6.07) is 0. The minimum atomic E-state index is -1.84. The van der Waals surface area contributed by atoms with E-state index in [9.17, 15) is 24.9 Å². The van der Waals surface area contributed by atoms with E-state index >= 15 is 0 Å². The average Bonchev–Trinajstić information content (AvgIpc) is 2.65. The van der Waals surface area contributed by atoms with E-state index in [1.165, 1.54) is 49.8 Å². The zero-order valence-corrected chi connectivity index (χ0v) is 20.3. The van der Waals surface area contributed by atoms with Crippen LogP contribution >= 0.6 is 0 Å². The number of carboxylic acids is 1. The summed E-state index contributed by atoms with van der Waals surface area (Å²) in [6.45, 7) is 1.77. The molecule has 6 N–H and O–H groups in total. The molecule has 0 rings (SSSR count). The van der Waals surface area contributed by atoms with Crippen LogP contribution in [0.25, 0.3) is 0 Å². The first-order valence-corrected chi connectivity index (χ1v) is 10.0. The number of hydrogen-bond acceptors (Lipinski definition) is 8. The second-order valence-corrected chi connectivity index (χ2v) is 6.93. The van der Waals surface area contributed by atoms with Gasteiger partial charge >= 0.3 is 29.6 Å². The summed E-state index contributed by atoms with van der Waals surface area (Å²) < 4.78 is 0. The Kier molecular flexibility index (Phi) is 25.8. The van der Waals surface area contributed by atoms with Gasteiger partial charge in [-0.2, -0.15) is 0 Å². The van der Waals surface area contributed by atoms with Crippen molar-refractivity contribution in [3.05, 3.63) is 0 Å². The normalized spacial score (nSPS) is 13.3. The van der Waals surface area contributed by atoms with Crippen molar-refractivity contribution in [3.8, 4) is 0 Å². The van der Waals surface area contributed by atoms with E-state index in [1.54, 1.807) is 7.05 Å². The van der Waals surface area contributed by atoms with Crippen LogP contribution < -0.4 is 40.4 Å². The summed E-state index contributed by atoms with van der Waals surface area (Å²) in [5, 5.41) is 44.5. The number of carbonyl (C=O) groups is 2. The largest absolute Gasteiger partial charge is 1.00 e. The van der Waals surface area contributed by atoms with Crippen molar-refractivity contribution in [1.82, 2.24) is 4.90 Å². The molecular weight excluding hydrogens is 391 g/mol. The third kappa shape index (κ3) is 22.3. The molecule has 0 aliphatic heterocycles. The molecule has 0 aromatic rings. The van der Waals surface area contributed by atoms with Crippen LogP contribution in [-0.2, 0) is 9.59 Å². The Labute approximate surface area is 196 Å². The number of aliphatic carboxylic acids is 1. The number of carbonyl (C=O) groups excluding carboxylic acids is 2. The Morgan fingerprint density at radius 3 is 1.72 bits per heavy atom. The Hall–Kier alpha value is -0.260. The van der Waals surface area contributed by atoms with Gasteiger partial charge in [0.25, 0.3) is 0 Å². The van der Waals surface area contributed by atoms with Gasteiger partial charge in [0, 0.05) is 20.0 Å². The molecule has 0 radical (unpaired) electrons. The van der Waals surface area contributed by atoms with Gasteiger partial charge in [-0.25, -0.2) is 0 Å². The molecule has 0 fully saturated rings. The standard InChI is InChI=1S/C17H35NO4.C2H5NO3.Na/c1-3-4-5-6-7-8-9-10-11-12-17(22)18(2)13-15(20)16(21)14-19;3-1(4)2(5)6;/h15-16,19-21H,3-14H2,1-2H3;1,4H,3H2,(H,5,6);/q;;+1/p-1/t15?,16-;;/m1../s1. The average molecular weight is 431 g/mol. The molecule has 1 amide bonds. The van der Waals surface area contributed by atoms with Crippen molar-refractivity contribution in [2.45, 2.75) is 89.6 Å². The molecule has 0 spiro atoms. The molecule has 9 nitrogen and oxygen atoms in total. The third-order valence-electron chi connectivity index (χ3n) is 4.25. The van der Waals surface area contributed by atoms with Crippen molar-refractivity contribution in [2.24, 2.45) is 5.73 Å². The van der Waals surface area contributed by atoms with Crippen LogP contribution in [0.1, 0.15) is 71.1 Å². The summed E-state index contributed by atoms with van der Waals surface area (Å²) in [6.07, 6.45) is 7.26. The number of carboxylic acid groups (broad SMARTS) is 1. The Morgan fingerprint density at radius 2 is 1.34 bits per heavy atom. The van der Waals surface area contributed by atoms with Crippen molar-refractivity contribution >= 4 is 11.9 Å². The molecule has 10 heteroatoms. The second kappa shape index (κ2) is 22.4. The van der Waals surface area contributed by atoms with Crippen molar-refractivity contribution in [3.63, 3.8) is 0 Å². The first-order chi connectivity index (χ1) is 13.2. The summed E-state index contributed by atoms with van der Waals surface area (Å²) in [5.74, 6) is -1.68. The molecular formula is C19H39N2NaO7. The maximum Gasteiger partial charge on any atom is 1.00 e. The van der Waals surface area contributed by atoms with E-state index in [2.05, 4.69) is 12.7 Å². The number of nitrogens with two attached hydrogens (primary N) is 1. The first kappa shape index (κ1) is 33.4. The maximum absolute atomic E-state index is 11.9. The molecule has 0 heterocycles. The van der Waals surface area contributed by atoms with Gasteiger partial charge in [-0.05, 0) is 6.42 Å². The van der Waals surface area contributed by atoms with Crippen LogP contribution in [0.2, 0.25) is 0 Å². The Bertz CT molecular complexity index is 401. The third-order valence-corrected chi connectivity index (χ3v) is 4.25. The number of aliphatic hydroxyl groups is 4. The van der Waals surface area contributed by atoms with E-state index < -0.39 is 31.0 Å². The minimum absolute atomic E-state index is 0. The van der Waals surface area contributed by atoms with Crippen molar-refractivity contribution in [1.29, 1.82) is 0 Å². The quantitative estimate of drug-likeness (QED) is 0.0998. The van der Waals surface area contributed by atoms with Crippen molar-refractivity contribution in [2.75, 3.05) is 20.2 Å². The molecule has 29 heavy (non-hydrogen) atoms. The van der Waals surface area contributed by atoms with Crippen LogP contribution in [0, 0.1) is 0 Å². The fourth-order valence-corrected chi connectivity index (χ4v) is 2.40. The molecule has 0 aromatic heterocycles. The molecule has 0 aliphatic carbocycles. The van der Waals surface area contributed by atoms with Gasteiger partial charge in [-0.3, -0.25) is 4.79 Å². The summed E-state index contributed by atoms with van der Waals surface area (Å²) >= 11 is 0. The molecule has 0 saturated heterocycles. The predicted octanol–water partition coefficient (Wildman–Crippen LogP) is -3.90. The van der Waals surface area contributed by atoms with E-state index in [0.29, 0.717) is 6.42 Å². The molecule has 2 unspecified atom stereocenters. The number of aliphatic hydroxyl groups excluding tert-OH is 4. The topological polar surface area (TPSA) is 167 Å². The number of unbranched alkanes of at least 4 members (excludes halogenated alkanes) is 8. The van der Waals surface area contributed by atoms with Gasteiger partial charge in [0.15, 0.2) is 0 Å². The fraction of sp³-hybridized carbons (Fsp3) is 0.895. The molecule has 0 aliphatic rings. The zero-order chi connectivity index (χ0) is 21.9. The Balaban J connectivity index is -0.000000837. The number of amides is 1. The van der Waals surface area contributed by atoms with Gasteiger partial charge in [0.05, 0.1) is 18.7 Å². The summed E-state index contributed by atoms with van der Waals surface area (Å²) in [4.78, 5) is 22.5. The first-order valence-electron chi connectivity index (χ1n) is 10.0.